The number of nitrogens with one attached hydrogen (secondary N) is 1. The Morgan fingerprint density at radius 3 is 2.06 bits per heavy atom. The highest BCUT2D eigenvalue weighted by atomic mass is 32.2. The molecule has 8 nitrogen and oxygen atoms in total. The number of rotatable bonds is 10. The van der Waals surface area contributed by atoms with Crippen LogP contribution in [0.4, 0.5) is 0 Å². The third-order valence-electron chi connectivity index (χ3n) is 4.40. The zero-order chi connectivity index (χ0) is 22.9. The van der Waals surface area contributed by atoms with E-state index in [4.69, 9.17) is 19.2 Å². The summed E-state index contributed by atoms with van der Waals surface area (Å²) >= 11 is 1.43. The number of benzene rings is 2. The summed E-state index contributed by atoms with van der Waals surface area (Å²) < 4.78 is 20.2. The first-order valence-corrected chi connectivity index (χ1v) is 10.8. The lowest BCUT2D eigenvalue weighted by atomic mass is 10.0. The molecule has 0 saturated carbocycles. The van der Waals surface area contributed by atoms with E-state index in [1.165, 1.54) is 18.7 Å². The molecule has 9 heteroatoms. The Labute approximate surface area is 190 Å². The number of esters is 2. The van der Waals surface area contributed by atoms with Crippen LogP contribution in [0.2, 0.25) is 0 Å². The van der Waals surface area contributed by atoms with E-state index >= 15 is 0 Å². The van der Waals surface area contributed by atoms with Crippen LogP contribution in [0.5, 0.6) is 11.5 Å². The van der Waals surface area contributed by atoms with Crippen LogP contribution in [0.25, 0.3) is 22.5 Å². The highest BCUT2D eigenvalue weighted by Crippen LogP contribution is 2.34. The van der Waals surface area contributed by atoms with Gasteiger partial charge in [0.25, 0.3) is 0 Å². The molecule has 3 rings (SSSR count). The third-order valence-corrected chi connectivity index (χ3v) is 5.24. The second kappa shape index (κ2) is 11.2. The maximum Gasteiger partial charge on any atom is 0.344 e. The molecule has 32 heavy (non-hydrogen) atoms. The Kier molecular flexibility index (Phi) is 8.15. The lowest BCUT2D eigenvalue weighted by Gasteiger charge is -2.06. The topological polar surface area (TPSA) is 99.7 Å². The van der Waals surface area contributed by atoms with Crippen LogP contribution in [-0.2, 0) is 19.1 Å². The molecule has 0 amide bonds. The maximum absolute atomic E-state index is 11.5. The van der Waals surface area contributed by atoms with Gasteiger partial charge in [0.05, 0.1) is 25.6 Å². The van der Waals surface area contributed by atoms with Crippen molar-refractivity contribution >= 4 is 23.7 Å². The number of thioether (sulfide) groups is 1. The predicted octanol–water partition coefficient (Wildman–Crippen LogP) is 3.96. The second-order valence-electron chi connectivity index (χ2n) is 6.57. The molecule has 1 heterocycles. The molecule has 1 N–H and O–H groups in total. The van der Waals surface area contributed by atoms with Crippen LogP contribution in [-0.4, -0.2) is 55.1 Å². The molecule has 0 bridgehead atoms. The average molecular weight is 457 g/mol. The predicted molar refractivity (Wildman–Crippen MR) is 121 cm³/mol. The number of carbonyl (C=O) groups is 2. The van der Waals surface area contributed by atoms with E-state index in [-0.39, 0.29) is 13.2 Å². The summed E-state index contributed by atoms with van der Waals surface area (Å²) in [6, 6.07) is 15.4. The molecule has 0 radical (unpaired) electrons. The Balaban J connectivity index is 1.74. The molecule has 168 valence electrons. The highest BCUT2D eigenvalue weighted by molar-refractivity contribution is 7.99. The van der Waals surface area contributed by atoms with E-state index in [0.717, 1.165) is 34.0 Å². The lowest BCUT2D eigenvalue weighted by molar-refractivity contribution is -0.157. The van der Waals surface area contributed by atoms with Gasteiger partial charge in [-0.2, -0.15) is 0 Å². The van der Waals surface area contributed by atoms with Gasteiger partial charge in [-0.1, -0.05) is 11.8 Å². The minimum absolute atomic E-state index is 0.168. The van der Waals surface area contributed by atoms with E-state index in [2.05, 4.69) is 9.72 Å². The van der Waals surface area contributed by atoms with Crippen LogP contribution >= 0.6 is 11.8 Å². The molecule has 0 aliphatic carbocycles. The number of imidazole rings is 1. The fourth-order valence-corrected chi connectivity index (χ4v) is 3.53. The SMILES string of the molecule is COc1ccc(-c2nc(SCCOC(=O)COC(C)=O)[nH]c2-c2ccc(OC)cc2)cc1. The summed E-state index contributed by atoms with van der Waals surface area (Å²) in [7, 11) is 3.25. The standard InChI is InChI=1S/C23H24N2O6S/c1-15(26)31-14-20(27)30-12-13-32-23-24-21(16-4-8-18(28-2)9-5-16)22(25-23)17-6-10-19(29-3)11-7-17/h4-11H,12-14H2,1-3H3,(H,24,25). The van der Waals surface area contributed by atoms with Crippen molar-refractivity contribution in [1.29, 1.82) is 0 Å². The Morgan fingerprint density at radius 2 is 1.50 bits per heavy atom. The van der Waals surface area contributed by atoms with E-state index < -0.39 is 11.9 Å². The first kappa shape index (κ1) is 23.2. The van der Waals surface area contributed by atoms with Crippen molar-refractivity contribution in [3.8, 4) is 34.0 Å². The zero-order valence-electron chi connectivity index (χ0n) is 18.0. The van der Waals surface area contributed by atoms with Crippen LogP contribution in [0.15, 0.2) is 53.7 Å². The highest BCUT2D eigenvalue weighted by Gasteiger charge is 2.15. The van der Waals surface area contributed by atoms with E-state index in [1.807, 2.05) is 48.5 Å². The van der Waals surface area contributed by atoms with Crippen LogP contribution < -0.4 is 9.47 Å². The summed E-state index contributed by atoms with van der Waals surface area (Å²) in [5.41, 5.74) is 3.57. The van der Waals surface area contributed by atoms with E-state index in [9.17, 15) is 9.59 Å². The van der Waals surface area contributed by atoms with Crippen LogP contribution in [0, 0.1) is 0 Å². The van der Waals surface area contributed by atoms with Gasteiger partial charge in [-0.25, -0.2) is 9.78 Å². The summed E-state index contributed by atoms with van der Waals surface area (Å²) in [6.07, 6.45) is 0. The van der Waals surface area contributed by atoms with Crippen molar-refractivity contribution in [2.24, 2.45) is 0 Å². The van der Waals surface area contributed by atoms with Crippen LogP contribution in [0.3, 0.4) is 0 Å². The zero-order valence-corrected chi connectivity index (χ0v) is 18.9. The molecular formula is C23H24N2O6S. The van der Waals surface area contributed by atoms with Crippen molar-refractivity contribution in [1.82, 2.24) is 9.97 Å². The van der Waals surface area contributed by atoms with Gasteiger partial charge >= 0.3 is 11.9 Å². The molecule has 2 aromatic carbocycles. The molecule has 1 aromatic heterocycles. The van der Waals surface area contributed by atoms with Crippen molar-refractivity contribution in [3.05, 3.63) is 48.5 Å². The van der Waals surface area contributed by atoms with Crippen LogP contribution in [0.1, 0.15) is 6.92 Å². The van der Waals surface area contributed by atoms with Crippen molar-refractivity contribution in [2.75, 3.05) is 33.2 Å². The van der Waals surface area contributed by atoms with Gasteiger partial charge in [-0.15, -0.1) is 0 Å². The molecule has 0 aliphatic heterocycles. The van der Waals surface area contributed by atoms with Gasteiger partial charge in [0.15, 0.2) is 11.8 Å². The number of hydrogen-bond acceptors (Lipinski definition) is 8. The third kappa shape index (κ3) is 6.27. The minimum Gasteiger partial charge on any atom is -0.497 e. The number of methoxy groups -OCH3 is 2. The number of nitrogens with zero attached hydrogens (tertiary/aromatic N) is 1. The van der Waals surface area contributed by atoms with Gasteiger partial charge in [0.1, 0.15) is 18.1 Å². The largest absolute Gasteiger partial charge is 0.497 e. The number of aromatic amines is 1. The summed E-state index contributed by atoms with van der Waals surface area (Å²) in [5.74, 6) is 0.913. The Bertz CT molecular complexity index is 982. The number of hydrogen-bond donors (Lipinski definition) is 1. The van der Waals surface area contributed by atoms with Crippen molar-refractivity contribution < 1.29 is 28.5 Å². The van der Waals surface area contributed by atoms with E-state index in [1.54, 1.807) is 14.2 Å². The average Bonchev–Trinajstić information content (AvgIpc) is 3.24. The molecule has 0 unspecified atom stereocenters. The molecule has 0 fully saturated rings. The maximum atomic E-state index is 11.5. The monoisotopic (exact) mass is 456 g/mol. The first-order valence-electron chi connectivity index (χ1n) is 9.80. The summed E-state index contributed by atoms with van der Waals surface area (Å²) in [5, 5.41) is 0.692. The normalized spacial score (nSPS) is 10.5. The lowest BCUT2D eigenvalue weighted by Crippen LogP contribution is -2.16. The second-order valence-corrected chi connectivity index (χ2v) is 7.66. The number of aromatic nitrogens is 2. The van der Waals surface area contributed by atoms with Gasteiger partial charge < -0.3 is 23.9 Å². The van der Waals surface area contributed by atoms with Crippen molar-refractivity contribution in [3.63, 3.8) is 0 Å². The summed E-state index contributed by atoms with van der Waals surface area (Å²) in [6.45, 7) is 1.02. The first-order chi connectivity index (χ1) is 15.5. The van der Waals surface area contributed by atoms with Gasteiger partial charge in [0.2, 0.25) is 0 Å². The Morgan fingerprint density at radius 1 is 0.906 bits per heavy atom. The van der Waals surface area contributed by atoms with Crippen molar-refractivity contribution in [2.45, 2.75) is 12.1 Å². The number of ether oxygens (including phenoxy) is 4. The fourth-order valence-electron chi connectivity index (χ4n) is 2.84. The smallest absolute Gasteiger partial charge is 0.344 e. The number of H-pyrrole nitrogens is 1. The minimum atomic E-state index is -0.585. The number of carbonyl (C=O) groups excluding carboxylic acids is 2. The molecule has 0 spiro atoms. The molecular weight excluding hydrogens is 432 g/mol. The van der Waals surface area contributed by atoms with Gasteiger partial charge in [-0.3, -0.25) is 4.79 Å². The quantitative estimate of drug-likeness (QED) is 0.278. The molecule has 3 aromatic rings. The van der Waals surface area contributed by atoms with Gasteiger partial charge in [0, 0.05) is 23.8 Å². The molecule has 0 atom stereocenters. The molecule has 0 aliphatic rings. The van der Waals surface area contributed by atoms with E-state index in [0.29, 0.717) is 10.9 Å². The summed E-state index contributed by atoms with van der Waals surface area (Å²) in [4.78, 5) is 30.4. The molecule has 0 saturated heterocycles. The van der Waals surface area contributed by atoms with Gasteiger partial charge in [-0.05, 0) is 48.5 Å². The fraction of sp³-hybridized carbons (Fsp3) is 0.261. The Hall–Kier alpha value is -3.46.